The van der Waals surface area contributed by atoms with Gasteiger partial charge in [-0.2, -0.15) is 0 Å². The number of hydrogen-bond acceptors (Lipinski definition) is 2. The third kappa shape index (κ3) is 1.95. The van der Waals surface area contributed by atoms with Gasteiger partial charge in [-0.1, -0.05) is 12.1 Å². The fourth-order valence-corrected chi connectivity index (χ4v) is 0.861. The summed E-state index contributed by atoms with van der Waals surface area (Å²) in [6.07, 6.45) is -2.15. The van der Waals surface area contributed by atoms with Crippen molar-refractivity contribution in [3.8, 4) is 5.75 Å². The highest BCUT2D eigenvalue weighted by Crippen LogP contribution is 2.17. The van der Waals surface area contributed by atoms with Crippen LogP contribution in [0.15, 0.2) is 24.3 Å². The van der Waals surface area contributed by atoms with E-state index in [4.69, 9.17) is 6.11 Å². The molecular weight excluding hydrogens is 159 g/mol. The van der Waals surface area contributed by atoms with E-state index in [1.54, 1.807) is 12.1 Å². The van der Waals surface area contributed by atoms with E-state index in [2.05, 4.69) is 0 Å². The average Bonchev–Trinajstić information content (AvgIpc) is 2.18. The van der Waals surface area contributed by atoms with E-state index in [-0.39, 0.29) is 5.56 Å². The van der Waals surface area contributed by atoms with Crippen LogP contribution in [0.5, 0.6) is 5.75 Å². The zero-order valence-electron chi connectivity index (χ0n) is 7.75. The lowest BCUT2D eigenvalue weighted by molar-refractivity contribution is 0.141. The minimum atomic E-state index is -2.15. The predicted molar refractivity (Wildman–Crippen MR) is 43.9 cm³/mol. The number of benzene rings is 1. The first kappa shape index (κ1) is 7.55. The van der Waals surface area contributed by atoms with E-state index in [9.17, 15) is 9.50 Å². The van der Waals surface area contributed by atoms with Crippen molar-refractivity contribution in [2.75, 3.05) is 13.8 Å². The summed E-state index contributed by atoms with van der Waals surface area (Å²) in [6.45, 7) is -1.13. The van der Waals surface area contributed by atoms with Crippen molar-refractivity contribution in [3.05, 3.63) is 29.8 Å². The molecule has 0 aliphatic heterocycles. The molecule has 0 aliphatic rings. The first-order valence-electron chi connectivity index (χ1n) is 4.03. The van der Waals surface area contributed by atoms with E-state index < -0.39 is 12.8 Å². The number of aliphatic hydroxyl groups is 1. The fourth-order valence-electron chi connectivity index (χ4n) is 0.861. The molecule has 3 heteroatoms. The van der Waals surface area contributed by atoms with Crippen LogP contribution in [0.25, 0.3) is 0 Å². The number of methoxy groups -OCH3 is 1. The van der Waals surface area contributed by atoms with Crippen LogP contribution in [-0.4, -0.2) is 18.9 Å². The summed E-state index contributed by atoms with van der Waals surface area (Å²) in [6, 6.07) is 6.08. The third-order valence-corrected chi connectivity index (χ3v) is 1.55. The highest BCUT2D eigenvalue weighted by molar-refractivity contribution is 5.28. The Hall–Kier alpha value is -1.09. The molecule has 0 radical (unpaired) electrons. The van der Waals surface area contributed by atoms with Crippen LogP contribution in [0, 0.1) is 0 Å². The molecule has 0 bridgehead atoms. The summed E-state index contributed by atoms with van der Waals surface area (Å²) >= 11 is 0. The molecule has 1 N–H and O–H groups in total. The monoisotopic (exact) mass is 171 g/mol. The minimum absolute atomic E-state index is 0.218. The highest BCUT2D eigenvalue weighted by atomic mass is 19.1. The molecule has 1 aromatic rings. The topological polar surface area (TPSA) is 29.5 Å². The Bertz CT molecular complexity index is 271. The Labute approximate surface area is 72.0 Å². The number of alkyl halides is 1. The summed E-state index contributed by atoms with van der Waals surface area (Å²) in [4.78, 5) is 0. The maximum Gasteiger partial charge on any atom is 0.119 e. The Morgan fingerprint density at radius 2 is 2.17 bits per heavy atom. The molecule has 66 valence electrons. The zero-order valence-corrected chi connectivity index (χ0v) is 6.75. The lowest BCUT2D eigenvalue weighted by atomic mass is 10.1. The lowest BCUT2D eigenvalue weighted by Crippen LogP contribution is -1.98. The van der Waals surface area contributed by atoms with Gasteiger partial charge in [-0.3, -0.25) is 0 Å². The summed E-state index contributed by atoms with van der Waals surface area (Å²) in [7, 11) is 1.51. The van der Waals surface area contributed by atoms with Crippen molar-refractivity contribution in [1.82, 2.24) is 0 Å². The number of rotatable bonds is 3. The predicted octanol–water partition coefficient (Wildman–Crippen LogP) is 1.70. The normalized spacial score (nSPS) is 16.4. The zero-order chi connectivity index (χ0) is 9.90. The number of halogens is 1. The molecule has 12 heavy (non-hydrogen) atoms. The van der Waals surface area contributed by atoms with Gasteiger partial charge in [-0.05, 0) is 17.7 Å². The van der Waals surface area contributed by atoms with Crippen LogP contribution in [-0.2, 0) is 0 Å². The summed E-state index contributed by atoms with van der Waals surface area (Å²) in [5.41, 5.74) is 0.218. The van der Waals surface area contributed by atoms with Gasteiger partial charge < -0.3 is 9.84 Å². The van der Waals surface area contributed by atoms with Crippen molar-refractivity contribution in [2.45, 2.75) is 6.08 Å². The van der Waals surface area contributed by atoms with Gasteiger partial charge >= 0.3 is 0 Å². The standard InChI is InChI=1S/C9H11FO2/c1-12-8-4-2-7(3-5-8)9(11)6-10/h2-5,9,11H,6H2,1H3/i9D. The Kier molecular flexibility index (Phi) is 2.56. The SMILES string of the molecule is [2H]C(O)(CF)c1ccc(OC)cc1. The van der Waals surface area contributed by atoms with E-state index in [1.807, 2.05) is 0 Å². The molecule has 0 aromatic heterocycles. The van der Waals surface area contributed by atoms with Crippen LogP contribution < -0.4 is 4.74 Å². The van der Waals surface area contributed by atoms with Crippen LogP contribution >= 0.6 is 0 Å². The van der Waals surface area contributed by atoms with E-state index in [0.717, 1.165) is 0 Å². The molecule has 0 saturated heterocycles. The molecule has 0 aliphatic carbocycles. The van der Waals surface area contributed by atoms with E-state index in [0.29, 0.717) is 5.75 Å². The maximum absolute atomic E-state index is 12.2. The van der Waals surface area contributed by atoms with Crippen LogP contribution in [0.2, 0.25) is 0 Å². The molecule has 2 nitrogen and oxygen atoms in total. The minimum Gasteiger partial charge on any atom is -0.497 e. The summed E-state index contributed by atoms with van der Waals surface area (Å²) < 4.78 is 24.2. The summed E-state index contributed by atoms with van der Waals surface area (Å²) in [5, 5.41) is 9.21. The molecule has 0 saturated carbocycles. The van der Waals surface area contributed by atoms with E-state index >= 15 is 0 Å². The van der Waals surface area contributed by atoms with Gasteiger partial charge in [-0.15, -0.1) is 0 Å². The van der Waals surface area contributed by atoms with Gasteiger partial charge in [0.1, 0.15) is 18.5 Å². The van der Waals surface area contributed by atoms with Crippen molar-refractivity contribution < 1.29 is 15.6 Å². The second kappa shape index (κ2) is 4.07. The van der Waals surface area contributed by atoms with Crippen LogP contribution in [0.3, 0.4) is 0 Å². The van der Waals surface area contributed by atoms with Crippen molar-refractivity contribution in [3.63, 3.8) is 0 Å². The van der Waals surface area contributed by atoms with Crippen LogP contribution in [0.1, 0.15) is 13.0 Å². The molecule has 1 aromatic carbocycles. The van der Waals surface area contributed by atoms with Crippen molar-refractivity contribution in [2.24, 2.45) is 0 Å². The Balaban J connectivity index is 2.92. The second-order valence-electron chi connectivity index (χ2n) is 2.31. The van der Waals surface area contributed by atoms with Gasteiger partial charge in [0.2, 0.25) is 0 Å². The molecule has 1 unspecified atom stereocenters. The molecule has 1 atom stereocenters. The van der Waals surface area contributed by atoms with Gasteiger partial charge in [0, 0.05) is 0 Å². The molecule has 0 spiro atoms. The smallest absolute Gasteiger partial charge is 0.119 e. The van der Waals surface area contributed by atoms with Crippen molar-refractivity contribution in [1.29, 1.82) is 0 Å². The molecule has 0 fully saturated rings. The number of ether oxygens (including phenoxy) is 1. The molecule has 0 amide bonds. The van der Waals surface area contributed by atoms with Gasteiger partial charge in [0.15, 0.2) is 0 Å². The maximum atomic E-state index is 12.2. The Morgan fingerprint density at radius 1 is 1.58 bits per heavy atom. The molecule has 1 rings (SSSR count). The van der Waals surface area contributed by atoms with E-state index in [1.165, 1.54) is 19.2 Å². The van der Waals surface area contributed by atoms with Gasteiger partial charge in [0.25, 0.3) is 0 Å². The largest absolute Gasteiger partial charge is 0.497 e. The quantitative estimate of drug-likeness (QED) is 0.750. The highest BCUT2D eigenvalue weighted by Gasteiger charge is 2.05. The fraction of sp³-hybridized carbons (Fsp3) is 0.333. The first-order chi connectivity index (χ1) is 6.10. The molecule has 0 heterocycles. The first-order valence-corrected chi connectivity index (χ1v) is 3.53. The third-order valence-electron chi connectivity index (χ3n) is 1.55. The summed E-state index contributed by atoms with van der Waals surface area (Å²) in [5.74, 6) is 0.610. The number of hydrogen-bond donors (Lipinski definition) is 1. The van der Waals surface area contributed by atoms with Gasteiger partial charge in [-0.25, -0.2) is 4.39 Å². The molecular formula is C9H11FO2. The van der Waals surface area contributed by atoms with Crippen molar-refractivity contribution >= 4 is 0 Å². The van der Waals surface area contributed by atoms with Crippen LogP contribution in [0.4, 0.5) is 4.39 Å². The average molecular weight is 171 g/mol. The lowest BCUT2D eigenvalue weighted by Gasteiger charge is -2.06. The second-order valence-corrected chi connectivity index (χ2v) is 2.31. The Morgan fingerprint density at radius 3 is 2.58 bits per heavy atom. The van der Waals surface area contributed by atoms with Gasteiger partial charge in [0.05, 0.1) is 8.48 Å².